The van der Waals surface area contributed by atoms with Crippen LogP contribution in [-0.4, -0.2) is 26.7 Å². The van der Waals surface area contributed by atoms with Crippen LogP contribution in [0, 0.1) is 0 Å². The lowest BCUT2D eigenvalue weighted by molar-refractivity contribution is 0.742. The fourth-order valence-corrected chi connectivity index (χ4v) is 4.98. The van der Waals surface area contributed by atoms with Gasteiger partial charge in [-0.3, -0.25) is 0 Å². The van der Waals surface area contributed by atoms with Crippen molar-refractivity contribution in [2.75, 3.05) is 17.2 Å². The SMILES string of the molecule is CCc1cc(N)nc(C2SCCSC2CC)n1. The summed E-state index contributed by atoms with van der Waals surface area (Å²) >= 11 is 4.02. The Bertz CT molecular complexity index is 384. The monoisotopic (exact) mass is 269 g/mol. The molecule has 17 heavy (non-hydrogen) atoms. The number of aryl methyl sites for hydroxylation is 1. The normalized spacial score (nSPS) is 24.8. The van der Waals surface area contributed by atoms with Gasteiger partial charge in [-0.05, 0) is 12.8 Å². The van der Waals surface area contributed by atoms with Crippen molar-refractivity contribution in [1.29, 1.82) is 0 Å². The zero-order valence-corrected chi connectivity index (χ0v) is 12.0. The Morgan fingerprint density at radius 1 is 1.29 bits per heavy atom. The second kappa shape index (κ2) is 5.96. The van der Waals surface area contributed by atoms with E-state index in [2.05, 4.69) is 23.8 Å². The van der Waals surface area contributed by atoms with Crippen LogP contribution in [0.5, 0.6) is 0 Å². The molecule has 2 atom stereocenters. The molecule has 0 aliphatic carbocycles. The third kappa shape index (κ3) is 3.07. The largest absolute Gasteiger partial charge is 0.384 e. The lowest BCUT2D eigenvalue weighted by Crippen LogP contribution is -2.21. The van der Waals surface area contributed by atoms with E-state index in [0.29, 0.717) is 16.3 Å². The van der Waals surface area contributed by atoms with Crippen LogP contribution in [0.4, 0.5) is 5.82 Å². The number of nitrogens with two attached hydrogens (primary N) is 1. The number of hydrogen-bond acceptors (Lipinski definition) is 5. The average molecular weight is 269 g/mol. The first kappa shape index (κ1) is 13.0. The molecule has 5 heteroatoms. The Labute approximate surface area is 111 Å². The highest BCUT2D eigenvalue weighted by Gasteiger charge is 2.28. The Balaban J connectivity index is 2.27. The van der Waals surface area contributed by atoms with Gasteiger partial charge in [-0.15, -0.1) is 11.8 Å². The first-order chi connectivity index (χ1) is 8.24. The summed E-state index contributed by atoms with van der Waals surface area (Å²) in [7, 11) is 0. The van der Waals surface area contributed by atoms with Gasteiger partial charge in [-0.2, -0.15) is 11.8 Å². The predicted molar refractivity (Wildman–Crippen MR) is 77.6 cm³/mol. The summed E-state index contributed by atoms with van der Waals surface area (Å²) < 4.78 is 0. The van der Waals surface area contributed by atoms with Gasteiger partial charge in [-0.1, -0.05) is 13.8 Å². The quantitative estimate of drug-likeness (QED) is 0.914. The van der Waals surface area contributed by atoms with Crippen molar-refractivity contribution in [2.24, 2.45) is 0 Å². The Hall–Kier alpha value is -0.420. The van der Waals surface area contributed by atoms with E-state index in [4.69, 9.17) is 5.73 Å². The molecule has 2 unspecified atom stereocenters. The van der Waals surface area contributed by atoms with Crippen LogP contribution in [0.15, 0.2) is 6.07 Å². The zero-order chi connectivity index (χ0) is 12.3. The molecule has 1 fully saturated rings. The van der Waals surface area contributed by atoms with Gasteiger partial charge in [0.05, 0.1) is 5.25 Å². The first-order valence-corrected chi connectivity index (χ1v) is 8.20. The van der Waals surface area contributed by atoms with Crippen LogP contribution in [0.3, 0.4) is 0 Å². The first-order valence-electron chi connectivity index (χ1n) is 6.11. The van der Waals surface area contributed by atoms with Crippen LogP contribution in [0.2, 0.25) is 0 Å². The lowest BCUT2D eigenvalue weighted by atomic mass is 10.2. The van der Waals surface area contributed by atoms with E-state index < -0.39 is 0 Å². The molecule has 0 spiro atoms. The number of nitrogens with zero attached hydrogens (tertiary/aromatic N) is 2. The molecule has 1 aliphatic rings. The summed E-state index contributed by atoms with van der Waals surface area (Å²) in [6.45, 7) is 4.34. The van der Waals surface area contributed by atoms with Crippen molar-refractivity contribution in [1.82, 2.24) is 9.97 Å². The topological polar surface area (TPSA) is 51.8 Å². The number of anilines is 1. The van der Waals surface area contributed by atoms with Crippen molar-refractivity contribution in [3.8, 4) is 0 Å². The fraction of sp³-hybridized carbons (Fsp3) is 0.667. The molecule has 1 saturated heterocycles. The molecule has 0 saturated carbocycles. The van der Waals surface area contributed by atoms with Gasteiger partial charge in [0.15, 0.2) is 0 Å². The van der Waals surface area contributed by atoms with Crippen LogP contribution < -0.4 is 5.73 Å². The molecular formula is C12H19N3S2. The third-order valence-corrected chi connectivity index (χ3v) is 6.13. The van der Waals surface area contributed by atoms with E-state index in [-0.39, 0.29) is 0 Å². The van der Waals surface area contributed by atoms with Crippen molar-refractivity contribution < 1.29 is 0 Å². The minimum atomic E-state index is 0.410. The van der Waals surface area contributed by atoms with Crippen molar-refractivity contribution in [3.63, 3.8) is 0 Å². The average Bonchev–Trinajstić information content (AvgIpc) is 2.37. The van der Waals surface area contributed by atoms with Crippen LogP contribution in [-0.2, 0) is 6.42 Å². The lowest BCUT2D eigenvalue weighted by Gasteiger charge is -2.28. The van der Waals surface area contributed by atoms with E-state index in [1.165, 1.54) is 17.9 Å². The molecule has 3 nitrogen and oxygen atoms in total. The highest BCUT2D eigenvalue weighted by atomic mass is 32.2. The molecule has 1 aliphatic heterocycles. The van der Waals surface area contributed by atoms with Crippen LogP contribution in [0.1, 0.15) is 37.0 Å². The molecule has 2 N–H and O–H groups in total. The Kier molecular flexibility index (Phi) is 4.56. The molecular weight excluding hydrogens is 250 g/mol. The minimum absolute atomic E-state index is 0.410. The van der Waals surface area contributed by atoms with Crippen molar-refractivity contribution >= 4 is 29.3 Å². The highest BCUT2D eigenvalue weighted by Crippen LogP contribution is 2.42. The summed E-state index contributed by atoms with van der Waals surface area (Å²) in [5.41, 5.74) is 6.92. The van der Waals surface area contributed by atoms with Gasteiger partial charge in [0.2, 0.25) is 0 Å². The van der Waals surface area contributed by atoms with Gasteiger partial charge in [-0.25, -0.2) is 9.97 Å². The number of thioether (sulfide) groups is 2. The van der Waals surface area contributed by atoms with E-state index >= 15 is 0 Å². The second-order valence-corrected chi connectivity index (χ2v) is 6.70. The van der Waals surface area contributed by atoms with E-state index in [9.17, 15) is 0 Å². The highest BCUT2D eigenvalue weighted by molar-refractivity contribution is 8.06. The number of hydrogen-bond donors (Lipinski definition) is 1. The molecule has 2 rings (SSSR count). The van der Waals surface area contributed by atoms with E-state index in [1.807, 2.05) is 29.6 Å². The van der Waals surface area contributed by atoms with Crippen molar-refractivity contribution in [2.45, 2.75) is 37.2 Å². The Morgan fingerprint density at radius 2 is 2.06 bits per heavy atom. The maximum atomic E-state index is 5.86. The standard InChI is InChI=1S/C12H19N3S2/c1-3-8-7-10(13)15-12(14-8)11-9(4-2)16-5-6-17-11/h7,9,11H,3-6H2,1-2H3,(H2,13,14,15). The summed E-state index contributed by atoms with van der Waals surface area (Å²) in [6.07, 6.45) is 2.09. The van der Waals surface area contributed by atoms with Gasteiger partial charge in [0.1, 0.15) is 11.6 Å². The number of aromatic nitrogens is 2. The molecule has 0 radical (unpaired) electrons. The smallest absolute Gasteiger partial charge is 0.145 e. The number of rotatable bonds is 3. The van der Waals surface area contributed by atoms with E-state index in [0.717, 1.165) is 17.9 Å². The van der Waals surface area contributed by atoms with Crippen LogP contribution in [0.25, 0.3) is 0 Å². The summed E-state index contributed by atoms with van der Waals surface area (Å²) in [5.74, 6) is 3.97. The second-order valence-electron chi connectivity index (χ2n) is 4.10. The molecule has 0 bridgehead atoms. The molecule has 0 aromatic carbocycles. The molecule has 1 aromatic rings. The Morgan fingerprint density at radius 3 is 2.76 bits per heavy atom. The van der Waals surface area contributed by atoms with Gasteiger partial charge < -0.3 is 5.73 Å². The van der Waals surface area contributed by atoms with Gasteiger partial charge in [0, 0.05) is 28.5 Å². The third-order valence-electron chi connectivity index (χ3n) is 2.89. The molecule has 2 heterocycles. The molecule has 1 aromatic heterocycles. The minimum Gasteiger partial charge on any atom is -0.384 e. The number of nitrogen functional groups attached to an aromatic ring is 1. The summed E-state index contributed by atoms with van der Waals surface area (Å²) in [5, 5.41) is 1.04. The van der Waals surface area contributed by atoms with Crippen molar-refractivity contribution in [3.05, 3.63) is 17.6 Å². The van der Waals surface area contributed by atoms with Gasteiger partial charge >= 0.3 is 0 Å². The summed E-state index contributed by atoms with van der Waals surface area (Å²) in [6, 6.07) is 1.88. The van der Waals surface area contributed by atoms with Gasteiger partial charge in [0.25, 0.3) is 0 Å². The maximum Gasteiger partial charge on any atom is 0.145 e. The predicted octanol–water partition coefficient (Wildman–Crippen LogP) is 2.92. The maximum absolute atomic E-state index is 5.86. The van der Waals surface area contributed by atoms with E-state index in [1.54, 1.807) is 0 Å². The van der Waals surface area contributed by atoms with Crippen LogP contribution >= 0.6 is 23.5 Å². The molecule has 94 valence electrons. The fourth-order valence-electron chi connectivity index (χ4n) is 1.99. The zero-order valence-electron chi connectivity index (χ0n) is 10.3. The summed E-state index contributed by atoms with van der Waals surface area (Å²) in [4.78, 5) is 9.08. The molecule has 0 amide bonds.